The molecule has 0 amide bonds. The van der Waals surface area contributed by atoms with E-state index in [1.165, 1.54) is 7.11 Å². The Hall–Kier alpha value is -1.48. The van der Waals surface area contributed by atoms with Crippen molar-refractivity contribution in [2.75, 3.05) is 7.11 Å². The zero-order chi connectivity index (χ0) is 11.7. The Morgan fingerprint density at radius 1 is 1.50 bits per heavy atom. The van der Waals surface area contributed by atoms with E-state index in [2.05, 4.69) is 4.74 Å². The molecule has 0 unspecified atom stereocenters. The van der Waals surface area contributed by atoms with Crippen LogP contribution in [0, 0.1) is 6.92 Å². The predicted octanol–water partition coefficient (Wildman–Crippen LogP) is 3.27. The van der Waals surface area contributed by atoms with Gasteiger partial charge in [-0.25, -0.2) is 4.79 Å². The zero-order valence-electron chi connectivity index (χ0n) is 9.04. The third-order valence-corrected chi connectivity index (χ3v) is 2.82. The summed E-state index contributed by atoms with van der Waals surface area (Å²) < 4.78 is 10.2. The van der Waals surface area contributed by atoms with Crippen LogP contribution >= 0.6 is 11.6 Å². The maximum absolute atomic E-state index is 11.4. The van der Waals surface area contributed by atoms with Gasteiger partial charge in [-0.05, 0) is 30.7 Å². The van der Waals surface area contributed by atoms with Gasteiger partial charge in [-0.1, -0.05) is 0 Å². The normalized spacial score (nSPS) is 10.7. The second-order valence-corrected chi connectivity index (χ2v) is 3.75. The molecule has 0 fully saturated rings. The number of alkyl halides is 1. The summed E-state index contributed by atoms with van der Waals surface area (Å²) in [5.74, 6) is 0.710. The molecule has 0 spiro atoms. The van der Waals surface area contributed by atoms with Crippen molar-refractivity contribution in [3.63, 3.8) is 0 Å². The Labute approximate surface area is 97.9 Å². The maximum atomic E-state index is 11.4. The number of carbonyl (C=O) groups excluding carboxylic acids is 1. The second kappa shape index (κ2) is 4.18. The van der Waals surface area contributed by atoms with Crippen LogP contribution in [-0.4, -0.2) is 13.1 Å². The van der Waals surface area contributed by atoms with Crippen LogP contribution in [0.4, 0.5) is 0 Å². The lowest BCUT2D eigenvalue weighted by atomic mass is 10.1. The van der Waals surface area contributed by atoms with E-state index in [1.54, 1.807) is 18.2 Å². The smallest absolute Gasteiger partial charge is 0.337 e. The average Bonchev–Trinajstić information content (AvgIpc) is 2.64. The highest BCUT2D eigenvalue weighted by atomic mass is 35.5. The van der Waals surface area contributed by atoms with Crippen LogP contribution in [-0.2, 0) is 10.6 Å². The van der Waals surface area contributed by atoms with Crippen molar-refractivity contribution in [3.8, 4) is 0 Å². The fourth-order valence-electron chi connectivity index (χ4n) is 1.64. The van der Waals surface area contributed by atoms with Crippen molar-refractivity contribution in [3.05, 3.63) is 35.1 Å². The summed E-state index contributed by atoms with van der Waals surface area (Å²) in [4.78, 5) is 11.4. The zero-order valence-corrected chi connectivity index (χ0v) is 9.80. The average molecular weight is 239 g/mol. The van der Waals surface area contributed by atoms with E-state index >= 15 is 0 Å². The number of aryl methyl sites for hydroxylation is 1. The van der Waals surface area contributed by atoms with Gasteiger partial charge >= 0.3 is 5.97 Å². The van der Waals surface area contributed by atoms with Crippen LogP contribution < -0.4 is 0 Å². The largest absolute Gasteiger partial charge is 0.465 e. The molecule has 0 bridgehead atoms. The van der Waals surface area contributed by atoms with Gasteiger partial charge in [-0.3, -0.25) is 0 Å². The highest BCUT2D eigenvalue weighted by molar-refractivity contribution is 6.17. The number of esters is 1. The van der Waals surface area contributed by atoms with Gasteiger partial charge in [-0.2, -0.15) is 0 Å². The van der Waals surface area contributed by atoms with Gasteiger partial charge in [0.25, 0.3) is 0 Å². The van der Waals surface area contributed by atoms with E-state index in [-0.39, 0.29) is 5.97 Å². The van der Waals surface area contributed by atoms with Gasteiger partial charge in [0.05, 0.1) is 18.6 Å². The molecule has 0 N–H and O–H groups in total. The molecule has 0 saturated carbocycles. The molecule has 2 aromatic rings. The van der Waals surface area contributed by atoms with Gasteiger partial charge in [0, 0.05) is 5.39 Å². The van der Waals surface area contributed by atoms with Crippen molar-refractivity contribution in [1.82, 2.24) is 0 Å². The molecule has 0 atom stereocenters. The minimum absolute atomic E-state index is 0.327. The molecule has 0 radical (unpaired) electrons. The number of methoxy groups -OCH3 is 1. The highest BCUT2D eigenvalue weighted by Crippen LogP contribution is 2.27. The van der Waals surface area contributed by atoms with Crippen LogP contribution in [0.5, 0.6) is 0 Å². The molecule has 0 aliphatic heterocycles. The first kappa shape index (κ1) is 11.0. The molecule has 0 aliphatic carbocycles. The molecule has 1 aromatic heterocycles. The van der Waals surface area contributed by atoms with E-state index in [0.29, 0.717) is 11.4 Å². The van der Waals surface area contributed by atoms with Crippen molar-refractivity contribution >= 4 is 28.5 Å². The molecule has 0 saturated heterocycles. The number of furan rings is 1. The van der Waals surface area contributed by atoms with Gasteiger partial charge in [-0.15, -0.1) is 11.6 Å². The summed E-state index contributed by atoms with van der Waals surface area (Å²) in [7, 11) is 1.36. The standard InChI is InChI=1S/C12H11ClO3/c1-7-9-5-8(12(14)15-2)3-4-10(9)16-11(7)6-13/h3-5H,6H2,1-2H3. The molecule has 84 valence electrons. The minimum Gasteiger partial charge on any atom is -0.465 e. The SMILES string of the molecule is COC(=O)c1ccc2oc(CCl)c(C)c2c1. The van der Waals surface area contributed by atoms with Gasteiger partial charge in [0.15, 0.2) is 0 Å². The van der Waals surface area contributed by atoms with Gasteiger partial charge in [0.2, 0.25) is 0 Å². The summed E-state index contributed by atoms with van der Waals surface area (Å²) in [5.41, 5.74) is 2.22. The molecule has 3 nitrogen and oxygen atoms in total. The van der Waals surface area contributed by atoms with Crippen LogP contribution in [0.25, 0.3) is 11.0 Å². The van der Waals surface area contributed by atoms with Crippen LogP contribution in [0.1, 0.15) is 21.7 Å². The molecule has 1 heterocycles. The van der Waals surface area contributed by atoms with E-state index in [9.17, 15) is 4.79 Å². The Bertz CT molecular complexity index is 542. The molecule has 0 aliphatic rings. The van der Waals surface area contributed by atoms with E-state index in [1.807, 2.05) is 6.92 Å². The van der Waals surface area contributed by atoms with Gasteiger partial charge in [0.1, 0.15) is 11.3 Å². The molecule has 2 rings (SSSR count). The first-order valence-corrected chi connectivity index (χ1v) is 5.37. The number of benzene rings is 1. The van der Waals surface area contributed by atoms with Crippen molar-refractivity contribution < 1.29 is 13.9 Å². The summed E-state index contributed by atoms with van der Waals surface area (Å²) in [6.45, 7) is 1.92. The van der Waals surface area contributed by atoms with Crippen molar-refractivity contribution in [1.29, 1.82) is 0 Å². The van der Waals surface area contributed by atoms with Crippen LogP contribution in [0.2, 0.25) is 0 Å². The van der Waals surface area contributed by atoms with Crippen LogP contribution in [0.3, 0.4) is 0 Å². The predicted molar refractivity (Wildman–Crippen MR) is 61.8 cm³/mol. The fourth-order valence-corrected chi connectivity index (χ4v) is 1.90. The second-order valence-electron chi connectivity index (χ2n) is 3.49. The summed E-state index contributed by atoms with van der Waals surface area (Å²) in [6, 6.07) is 5.19. The Kier molecular flexibility index (Phi) is 2.88. The van der Waals surface area contributed by atoms with Crippen molar-refractivity contribution in [2.45, 2.75) is 12.8 Å². The van der Waals surface area contributed by atoms with E-state index in [0.717, 1.165) is 22.3 Å². The van der Waals surface area contributed by atoms with Crippen molar-refractivity contribution in [2.24, 2.45) is 0 Å². The number of hydrogen-bond acceptors (Lipinski definition) is 3. The molecular weight excluding hydrogens is 228 g/mol. The van der Waals surface area contributed by atoms with E-state index in [4.69, 9.17) is 16.0 Å². The monoisotopic (exact) mass is 238 g/mol. The Morgan fingerprint density at radius 3 is 2.88 bits per heavy atom. The van der Waals surface area contributed by atoms with Crippen LogP contribution in [0.15, 0.2) is 22.6 Å². The summed E-state index contributed by atoms with van der Waals surface area (Å²) >= 11 is 5.75. The summed E-state index contributed by atoms with van der Waals surface area (Å²) in [5, 5.41) is 0.901. The Morgan fingerprint density at radius 2 is 2.25 bits per heavy atom. The first-order valence-electron chi connectivity index (χ1n) is 4.83. The lowest BCUT2D eigenvalue weighted by Gasteiger charge is -1.98. The number of ether oxygens (including phenoxy) is 1. The minimum atomic E-state index is -0.352. The quantitative estimate of drug-likeness (QED) is 0.596. The number of carbonyl (C=O) groups is 1. The number of halogens is 1. The first-order chi connectivity index (χ1) is 7.67. The summed E-state index contributed by atoms with van der Waals surface area (Å²) in [6.07, 6.45) is 0. The topological polar surface area (TPSA) is 39.4 Å². The van der Waals surface area contributed by atoms with E-state index < -0.39 is 0 Å². The maximum Gasteiger partial charge on any atom is 0.337 e. The molecule has 1 aromatic carbocycles. The Balaban J connectivity index is 2.61. The lowest BCUT2D eigenvalue weighted by molar-refractivity contribution is 0.0601. The number of hydrogen-bond donors (Lipinski definition) is 0. The number of fused-ring (bicyclic) bond motifs is 1. The number of rotatable bonds is 2. The highest BCUT2D eigenvalue weighted by Gasteiger charge is 2.12. The molecule has 16 heavy (non-hydrogen) atoms. The third kappa shape index (κ3) is 1.67. The van der Waals surface area contributed by atoms with Gasteiger partial charge < -0.3 is 9.15 Å². The molecule has 4 heteroatoms. The third-order valence-electron chi connectivity index (χ3n) is 2.58. The fraction of sp³-hybridized carbons (Fsp3) is 0.250. The lowest BCUT2D eigenvalue weighted by Crippen LogP contribution is -2.00. The molecular formula is C12H11ClO3.